The van der Waals surface area contributed by atoms with E-state index >= 15 is 0 Å². The lowest BCUT2D eigenvalue weighted by Crippen LogP contribution is -2.56. The van der Waals surface area contributed by atoms with Gasteiger partial charge in [-0.2, -0.15) is 0 Å². The molecule has 4 rings (SSSR count). The summed E-state index contributed by atoms with van der Waals surface area (Å²) in [7, 11) is 0. The molecule has 0 bridgehead atoms. The summed E-state index contributed by atoms with van der Waals surface area (Å²) in [6.07, 6.45) is 5.01. The number of carboxylic acid groups (broad SMARTS) is 1. The lowest BCUT2D eigenvalue weighted by atomic mass is 9.73. The van der Waals surface area contributed by atoms with E-state index in [1.807, 2.05) is 50.2 Å². The number of hydrogen-bond donors (Lipinski definition) is 11. The van der Waals surface area contributed by atoms with Gasteiger partial charge in [0, 0.05) is 48.7 Å². The normalized spacial score (nSPS) is 25.5. The Morgan fingerprint density at radius 1 is 0.954 bits per heavy atom. The summed E-state index contributed by atoms with van der Waals surface area (Å²) in [6, 6.07) is 12.7. The average molecular weight is 905 g/mol. The highest BCUT2D eigenvalue weighted by molar-refractivity contribution is 5.67. The monoisotopic (exact) mass is 905 g/mol. The highest BCUT2D eigenvalue weighted by atomic mass is 16.4. The number of unbranched alkanes of at least 4 members (excludes halogenated alkanes) is 1. The van der Waals surface area contributed by atoms with Crippen molar-refractivity contribution in [1.82, 2.24) is 10.6 Å². The average Bonchev–Trinajstić information content (AvgIpc) is 3.43. The molecular formula is C53H80N2O10. The molecule has 2 aliphatic heterocycles. The smallest absolute Gasteiger partial charge is 0.303 e. The Labute approximate surface area is 387 Å². The number of nitrogens with one attached hydrogen (secondary N) is 2. The van der Waals surface area contributed by atoms with E-state index in [1.165, 1.54) is 0 Å². The number of fused-ring (bicyclic) bond motifs is 1. The van der Waals surface area contributed by atoms with Crippen molar-refractivity contribution in [1.29, 1.82) is 0 Å². The Bertz CT molecular complexity index is 1870. The number of allylic oxidation sites excluding steroid dienone is 2. The van der Waals surface area contributed by atoms with Gasteiger partial charge >= 0.3 is 5.97 Å². The van der Waals surface area contributed by atoms with Crippen LogP contribution in [0.4, 0.5) is 0 Å². The van der Waals surface area contributed by atoms with Crippen LogP contribution in [0.2, 0.25) is 0 Å². The summed E-state index contributed by atoms with van der Waals surface area (Å²) in [6.45, 7) is 9.33. The Morgan fingerprint density at radius 2 is 1.68 bits per heavy atom. The van der Waals surface area contributed by atoms with Gasteiger partial charge in [0.2, 0.25) is 0 Å². The highest BCUT2D eigenvalue weighted by Crippen LogP contribution is 2.39. The van der Waals surface area contributed by atoms with Crippen LogP contribution in [0.15, 0.2) is 71.8 Å². The first kappa shape index (κ1) is 54.0. The minimum atomic E-state index is -1.48. The van der Waals surface area contributed by atoms with Crippen molar-refractivity contribution < 1.29 is 50.8 Å². The maximum atomic E-state index is 13.1. The second-order valence-electron chi connectivity index (χ2n) is 19.4. The Hall–Kier alpha value is -3.61. The van der Waals surface area contributed by atoms with Crippen LogP contribution in [0.25, 0.3) is 0 Å². The zero-order chi connectivity index (χ0) is 47.7. The van der Waals surface area contributed by atoms with Gasteiger partial charge in [-0.25, -0.2) is 0 Å². The number of phenols is 1. The van der Waals surface area contributed by atoms with Gasteiger partial charge in [0.1, 0.15) is 5.75 Å². The fraction of sp³-hybridized carbons (Fsp3) is 0.642. The van der Waals surface area contributed by atoms with Crippen molar-refractivity contribution in [2.24, 2.45) is 17.8 Å². The number of rotatable bonds is 22. The number of carbonyl (C=O) groups is 1. The zero-order valence-corrected chi connectivity index (χ0v) is 39.4. The quantitative estimate of drug-likeness (QED) is 0.0625. The molecule has 0 amide bonds. The Balaban J connectivity index is 1.96. The minimum absolute atomic E-state index is 0.00227. The number of benzene rings is 2. The molecule has 2 aliphatic rings. The molecular weight excluding hydrogens is 825 g/mol. The summed E-state index contributed by atoms with van der Waals surface area (Å²) >= 11 is 0. The van der Waals surface area contributed by atoms with E-state index in [1.54, 1.807) is 31.2 Å². The second kappa shape index (κ2) is 26.7. The molecule has 65 heavy (non-hydrogen) atoms. The molecule has 12 nitrogen and oxygen atoms in total. The Kier molecular flexibility index (Phi) is 22.1. The van der Waals surface area contributed by atoms with Crippen molar-refractivity contribution >= 4 is 5.97 Å². The Morgan fingerprint density at radius 3 is 2.34 bits per heavy atom. The molecule has 1 fully saturated rings. The number of aryl methyl sites for hydroxylation is 1. The molecule has 362 valence electrons. The summed E-state index contributed by atoms with van der Waals surface area (Å²) in [5.41, 5.74) is 2.62. The van der Waals surface area contributed by atoms with Gasteiger partial charge < -0.3 is 56.6 Å². The van der Waals surface area contributed by atoms with Crippen molar-refractivity contribution in [3.05, 3.63) is 88.5 Å². The van der Waals surface area contributed by atoms with Gasteiger partial charge in [0.05, 0.1) is 43.0 Å². The van der Waals surface area contributed by atoms with Crippen LogP contribution in [0, 0.1) is 29.6 Å². The molecule has 12 unspecified atom stereocenters. The molecule has 1 saturated heterocycles. The minimum Gasteiger partial charge on any atom is -0.508 e. The predicted octanol–water partition coefficient (Wildman–Crippen LogP) is 5.87. The molecule has 0 aromatic heterocycles. The number of phenolic OH excluding ortho intramolecular Hbond substituents is 1. The third-order valence-electron chi connectivity index (χ3n) is 13.9. The van der Waals surface area contributed by atoms with Crippen molar-refractivity contribution in [3.63, 3.8) is 0 Å². The van der Waals surface area contributed by atoms with E-state index in [9.17, 15) is 50.8 Å². The number of carboxylic acids is 1. The van der Waals surface area contributed by atoms with E-state index < -0.39 is 72.6 Å². The first-order chi connectivity index (χ1) is 31.0. The summed E-state index contributed by atoms with van der Waals surface area (Å²) in [5.74, 6) is 4.90. The molecule has 12 heteroatoms. The van der Waals surface area contributed by atoms with Crippen molar-refractivity contribution in [2.45, 2.75) is 185 Å². The highest BCUT2D eigenvalue weighted by Gasteiger charge is 2.43. The van der Waals surface area contributed by atoms with Crippen LogP contribution in [-0.4, -0.2) is 119 Å². The molecule has 0 spiro atoms. The molecule has 12 atom stereocenters. The number of aliphatic hydroxyl groups is 7. The number of hydrogen-bond acceptors (Lipinski definition) is 11. The van der Waals surface area contributed by atoms with Gasteiger partial charge in [0.15, 0.2) is 0 Å². The van der Waals surface area contributed by atoms with E-state index in [4.69, 9.17) is 0 Å². The van der Waals surface area contributed by atoms with Gasteiger partial charge in [-0.3, -0.25) is 4.79 Å². The largest absolute Gasteiger partial charge is 0.508 e. The molecule has 2 aromatic carbocycles. The zero-order valence-electron chi connectivity index (χ0n) is 39.4. The van der Waals surface area contributed by atoms with Crippen LogP contribution >= 0.6 is 0 Å². The molecule has 0 aliphatic carbocycles. The fourth-order valence-corrected chi connectivity index (χ4v) is 9.89. The van der Waals surface area contributed by atoms with Gasteiger partial charge in [0.25, 0.3) is 0 Å². The van der Waals surface area contributed by atoms with Crippen LogP contribution < -0.4 is 10.6 Å². The molecule has 0 radical (unpaired) electrons. The van der Waals surface area contributed by atoms with Gasteiger partial charge in [-0.05, 0) is 130 Å². The van der Waals surface area contributed by atoms with Crippen LogP contribution in [-0.2, 0) is 11.2 Å². The van der Waals surface area contributed by atoms with Crippen LogP contribution in [0.1, 0.15) is 141 Å². The lowest BCUT2D eigenvalue weighted by Gasteiger charge is -2.43. The van der Waals surface area contributed by atoms with Gasteiger partial charge in [-0.1, -0.05) is 94.4 Å². The first-order valence-electron chi connectivity index (χ1n) is 24.1. The lowest BCUT2D eigenvalue weighted by molar-refractivity contribution is -0.139. The maximum absolute atomic E-state index is 13.1. The number of aromatic hydroxyl groups is 1. The van der Waals surface area contributed by atoms with E-state index in [2.05, 4.69) is 36.3 Å². The van der Waals surface area contributed by atoms with E-state index in [-0.39, 0.29) is 56.4 Å². The standard InChI is InChI=1S/C53H80N2O10/c1-6-7-14-47(60)48(61)28-23-38-20-19-37-12-9-8-11-36(37)13-10-15-50(53(5,65)45(26-16-34(2)3)39-21-24-41(58)25-22-39)55-46(43(38)30-42(59)33-57)27-29-49(62)52-44(31-51(63)64)40(32-56)18-17-35(4)54-52/h8-9,11-12,21-25,28,34-35,40,42,44-50,52,54-62,65H,6-7,14-20,26-27,29-33H2,1-5H3,(H,63,64). The maximum Gasteiger partial charge on any atom is 0.303 e. The van der Waals surface area contributed by atoms with E-state index in [0.717, 1.165) is 41.5 Å². The molecule has 2 aromatic rings. The van der Waals surface area contributed by atoms with Crippen molar-refractivity contribution in [3.8, 4) is 17.6 Å². The third kappa shape index (κ3) is 16.3. The second-order valence-corrected chi connectivity index (χ2v) is 19.4. The fourth-order valence-electron chi connectivity index (χ4n) is 9.89. The number of aliphatic hydroxyl groups excluding tert-OH is 6. The van der Waals surface area contributed by atoms with Crippen molar-refractivity contribution in [2.75, 3.05) is 13.2 Å². The van der Waals surface area contributed by atoms with Gasteiger partial charge in [-0.15, -0.1) is 0 Å². The molecule has 11 N–H and O–H groups in total. The summed E-state index contributed by atoms with van der Waals surface area (Å²) in [5, 5.41) is 107. The molecule has 2 heterocycles. The summed E-state index contributed by atoms with van der Waals surface area (Å²) in [4.78, 5) is 12.2. The van der Waals surface area contributed by atoms with Crippen LogP contribution in [0.3, 0.4) is 0 Å². The van der Waals surface area contributed by atoms with E-state index in [0.29, 0.717) is 50.0 Å². The SMILES string of the molecule is CCCCC(O)C(O)C=CC1=C(CC(O)CO)C(CCC(O)C2NC(C)CCC(CO)C2CC(=O)O)NC(C(C)(O)C(CCC(C)C)c2ccc(O)cc2)CC#Cc2ccccc2CC1. The topological polar surface area (TPSA) is 223 Å². The summed E-state index contributed by atoms with van der Waals surface area (Å²) < 4.78 is 0. The third-order valence-corrected chi connectivity index (χ3v) is 13.9. The van der Waals surface area contributed by atoms with Crippen LogP contribution in [0.5, 0.6) is 5.75 Å². The molecule has 0 saturated carbocycles. The predicted molar refractivity (Wildman–Crippen MR) is 255 cm³/mol. The first-order valence-corrected chi connectivity index (χ1v) is 24.1. The number of aliphatic carboxylic acids is 1.